The van der Waals surface area contributed by atoms with Crippen molar-refractivity contribution in [3.63, 3.8) is 0 Å². The molecule has 0 spiro atoms. The molecule has 0 fully saturated rings. The van der Waals surface area contributed by atoms with E-state index in [9.17, 15) is 0 Å². The number of nitrogens with two attached hydrogens (primary N) is 1. The fourth-order valence-electron chi connectivity index (χ4n) is 2.94. The number of hydrogen-bond donors (Lipinski definition) is 1. The quantitative estimate of drug-likeness (QED) is 0.651. The van der Waals surface area contributed by atoms with Gasteiger partial charge in [-0.2, -0.15) is 0 Å². The second-order valence-corrected chi connectivity index (χ2v) is 7.00. The maximum atomic E-state index is 6.05. The summed E-state index contributed by atoms with van der Waals surface area (Å²) in [5, 5.41) is 2.13. The maximum Gasteiger partial charge on any atom is 0.191 e. The Morgan fingerprint density at radius 1 is 1.24 bits per heavy atom. The zero-order valence-electron chi connectivity index (χ0n) is 13.3. The summed E-state index contributed by atoms with van der Waals surface area (Å²) >= 11 is 1.80. The van der Waals surface area contributed by atoms with Gasteiger partial charge >= 0.3 is 0 Å². The highest BCUT2D eigenvalue weighted by molar-refractivity contribution is 7.09. The molecule has 1 aliphatic rings. The second-order valence-electron chi connectivity index (χ2n) is 5.97. The molecule has 0 saturated carbocycles. The standard InChI is InChI=1S/C17H29N3S/c1-2-3-4-5-6-7-8-10-15-13-19-17(18)20(15)14-16-11-9-12-21-16/h9,11-12,15H,2-8,10,13-14H2,1H3,(H2,18,19). The summed E-state index contributed by atoms with van der Waals surface area (Å²) in [6.45, 7) is 4.08. The van der Waals surface area contributed by atoms with E-state index in [1.54, 1.807) is 11.3 Å². The Kier molecular flexibility index (Phi) is 7.07. The number of aliphatic imine (C=N–C) groups is 1. The number of hydrogen-bond acceptors (Lipinski definition) is 4. The normalized spacial score (nSPS) is 18.2. The highest BCUT2D eigenvalue weighted by atomic mass is 32.1. The molecule has 2 N–H and O–H groups in total. The first-order valence-electron chi connectivity index (χ1n) is 8.40. The Morgan fingerprint density at radius 3 is 2.71 bits per heavy atom. The van der Waals surface area contributed by atoms with Gasteiger partial charge < -0.3 is 10.6 Å². The van der Waals surface area contributed by atoms with Gasteiger partial charge in [-0.25, -0.2) is 0 Å². The van der Waals surface area contributed by atoms with E-state index in [-0.39, 0.29) is 0 Å². The minimum Gasteiger partial charge on any atom is -0.370 e. The molecule has 0 bridgehead atoms. The van der Waals surface area contributed by atoms with Crippen LogP contribution in [0, 0.1) is 0 Å². The van der Waals surface area contributed by atoms with Gasteiger partial charge in [0.25, 0.3) is 0 Å². The van der Waals surface area contributed by atoms with Crippen LogP contribution in [0.25, 0.3) is 0 Å². The lowest BCUT2D eigenvalue weighted by Crippen LogP contribution is -2.39. The van der Waals surface area contributed by atoms with Gasteiger partial charge in [-0.1, -0.05) is 57.9 Å². The van der Waals surface area contributed by atoms with E-state index in [4.69, 9.17) is 5.73 Å². The van der Waals surface area contributed by atoms with Gasteiger partial charge in [0, 0.05) is 4.88 Å². The minimum atomic E-state index is 0.516. The van der Waals surface area contributed by atoms with Crippen molar-refractivity contribution in [3.05, 3.63) is 22.4 Å². The molecule has 4 heteroatoms. The SMILES string of the molecule is CCCCCCCCCC1CN=C(N)N1Cc1cccs1. The van der Waals surface area contributed by atoms with E-state index in [0.717, 1.165) is 19.0 Å². The first-order valence-corrected chi connectivity index (χ1v) is 9.28. The summed E-state index contributed by atoms with van der Waals surface area (Å²) in [6.07, 6.45) is 10.8. The van der Waals surface area contributed by atoms with E-state index in [2.05, 4.69) is 34.3 Å². The molecular weight excluding hydrogens is 278 g/mol. The van der Waals surface area contributed by atoms with Gasteiger partial charge in [0.1, 0.15) is 0 Å². The van der Waals surface area contributed by atoms with Crippen molar-refractivity contribution < 1.29 is 0 Å². The summed E-state index contributed by atoms with van der Waals surface area (Å²) < 4.78 is 0. The molecular formula is C17H29N3S. The van der Waals surface area contributed by atoms with Crippen molar-refractivity contribution in [2.75, 3.05) is 6.54 Å². The van der Waals surface area contributed by atoms with Gasteiger partial charge in [0.15, 0.2) is 5.96 Å². The van der Waals surface area contributed by atoms with E-state index in [0.29, 0.717) is 6.04 Å². The Balaban J connectivity index is 1.65. The third kappa shape index (κ3) is 5.34. The first kappa shape index (κ1) is 16.3. The molecule has 1 atom stereocenters. The summed E-state index contributed by atoms with van der Waals surface area (Å²) in [4.78, 5) is 8.11. The van der Waals surface area contributed by atoms with Crippen molar-refractivity contribution in [2.24, 2.45) is 10.7 Å². The molecule has 0 amide bonds. The third-order valence-electron chi connectivity index (χ3n) is 4.25. The van der Waals surface area contributed by atoms with Crippen molar-refractivity contribution in [3.8, 4) is 0 Å². The van der Waals surface area contributed by atoms with Crippen LogP contribution in [0.2, 0.25) is 0 Å². The maximum absolute atomic E-state index is 6.05. The number of guanidine groups is 1. The molecule has 118 valence electrons. The topological polar surface area (TPSA) is 41.6 Å². The van der Waals surface area contributed by atoms with Gasteiger partial charge in [-0.15, -0.1) is 11.3 Å². The van der Waals surface area contributed by atoms with E-state index >= 15 is 0 Å². The van der Waals surface area contributed by atoms with Gasteiger partial charge in [0.2, 0.25) is 0 Å². The zero-order valence-corrected chi connectivity index (χ0v) is 14.1. The summed E-state index contributed by atoms with van der Waals surface area (Å²) in [7, 11) is 0. The molecule has 0 saturated heterocycles. The number of unbranched alkanes of at least 4 members (excludes halogenated alkanes) is 6. The predicted octanol–water partition coefficient (Wildman–Crippen LogP) is 4.39. The van der Waals surface area contributed by atoms with E-state index < -0.39 is 0 Å². The molecule has 21 heavy (non-hydrogen) atoms. The third-order valence-corrected chi connectivity index (χ3v) is 5.11. The second kappa shape index (κ2) is 9.08. The number of thiophene rings is 1. The fourth-order valence-corrected chi connectivity index (χ4v) is 3.64. The summed E-state index contributed by atoms with van der Waals surface area (Å²) in [5.74, 6) is 0.733. The first-order chi connectivity index (χ1) is 10.3. The van der Waals surface area contributed by atoms with Crippen LogP contribution in [0.15, 0.2) is 22.5 Å². The smallest absolute Gasteiger partial charge is 0.191 e. The molecule has 1 aromatic heterocycles. The molecule has 0 radical (unpaired) electrons. The van der Waals surface area contributed by atoms with Crippen molar-refractivity contribution >= 4 is 17.3 Å². The van der Waals surface area contributed by atoms with Crippen molar-refractivity contribution in [1.82, 2.24) is 4.90 Å². The molecule has 0 aliphatic carbocycles. The van der Waals surface area contributed by atoms with Crippen LogP contribution in [0.3, 0.4) is 0 Å². The number of nitrogens with zero attached hydrogens (tertiary/aromatic N) is 2. The number of rotatable bonds is 10. The van der Waals surface area contributed by atoms with Crippen LogP contribution in [0.5, 0.6) is 0 Å². The Morgan fingerprint density at radius 2 is 2.00 bits per heavy atom. The lowest BCUT2D eigenvalue weighted by atomic mass is 10.0. The molecule has 3 nitrogen and oxygen atoms in total. The monoisotopic (exact) mass is 307 g/mol. The van der Waals surface area contributed by atoms with Crippen molar-refractivity contribution in [2.45, 2.75) is 70.9 Å². The fraction of sp³-hybridized carbons (Fsp3) is 0.706. The molecule has 1 unspecified atom stereocenters. The average molecular weight is 308 g/mol. The lowest BCUT2D eigenvalue weighted by Gasteiger charge is -2.25. The van der Waals surface area contributed by atoms with Crippen LogP contribution < -0.4 is 5.73 Å². The minimum absolute atomic E-state index is 0.516. The van der Waals surface area contributed by atoms with Gasteiger partial charge in [-0.3, -0.25) is 4.99 Å². The van der Waals surface area contributed by atoms with Crippen LogP contribution in [-0.2, 0) is 6.54 Å². The Bertz CT molecular complexity index is 414. The lowest BCUT2D eigenvalue weighted by molar-refractivity contribution is 0.311. The van der Waals surface area contributed by atoms with Gasteiger partial charge in [-0.05, 0) is 17.9 Å². The van der Waals surface area contributed by atoms with E-state index in [1.807, 2.05) is 0 Å². The molecule has 0 aromatic carbocycles. The Hall–Kier alpha value is -1.03. The largest absolute Gasteiger partial charge is 0.370 e. The van der Waals surface area contributed by atoms with Gasteiger partial charge in [0.05, 0.1) is 19.1 Å². The van der Waals surface area contributed by atoms with Crippen molar-refractivity contribution in [1.29, 1.82) is 0 Å². The molecule has 1 aromatic rings. The highest BCUT2D eigenvalue weighted by Gasteiger charge is 2.25. The Labute approximate surface area is 133 Å². The average Bonchev–Trinajstić information content (AvgIpc) is 3.11. The van der Waals surface area contributed by atoms with Crippen LogP contribution in [0.1, 0.15) is 63.2 Å². The molecule has 1 aliphatic heterocycles. The predicted molar refractivity (Wildman–Crippen MR) is 92.7 cm³/mol. The summed E-state index contributed by atoms with van der Waals surface area (Å²) in [6, 6.07) is 4.80. The van der Waals surface area contributed by atoms with Crippen LogP contribution in [0.4, 0.5) is 0 Å². The van der Waals surface area contributed by atoms with E-state index in [1.165, 1.54) is 56.2 Å². The molecule has 2 heterocycles. The van der Waals surface area contributed by atoms with Crippen LogP contribution >= 0.6 is 11.3 Å². The summed E-state index contributed by atoms with van der Waals surface area (Å²) in [5.41, 5.74) is 6.05. The molecule has 2 rings (SSSR count). The highest BCUT2D eigenvalue weighted by Crippen LogP contribution is 2.21. The zero-order chi connectivity index (χ0) is 14.9. The van der Waals surface area contributed by atoms with Crippen LogP contribution in [-0.4, -0.2) is 23.4 Å².